The van der Waals surface area contributed by atoms with E-state index in [9.17, 15) is 10.1 Å². The molecule has 2 heterocycles. The van der Waals surface area contributed by atoms with Gasteiger partial charge in [0.2, 0.25) is 5.82 Å². The average molecular weight is 295 g/mol. The lowest BCUT2D eigenvalue weighted by Gasteiger charge is -2.25. The van der Waals surface area contributed by atoms with Crippen molar-refractivity contribution >= 4 is 11.9 Å². The van der Waals surface area contributed by atoms with Gasteiger partial charge >= 0.3 is 5.82 Å². The van der Waals surface area contributed by atoms with Crippen LogP contribution in [0.3, 0.4) is 0 Å². The lowest BCUT2D eigenvalue weighted by molar-refractivity contribution is -0.392. The van der Waals surface area contributed by atoms with Crippen LogP contribution in [0.2, 0.25) is 0 Å². The summed E-state index contributed by atoms with van der Waals surface area (Å²) in [6.45, 7) is 4.47. The van der Waals surface area contributed by atoms with Crippen LogP contribution in [-0.2, 0) is 11.3 Å². The third-order valence-electron chi connectivity index (χ3n) is 3.32. The van der Waals surface area contributed by atoms with E-state index in [1.54, 1.807) is 10.6 Å². The Bertz CT molecular complexity index is 506. The van der Waals surface area contributed by atoms with E-state index in [0.29, 0.717) is 12.4 Å². The fourth-order valence-electron chi connectivity index (χ4n) is 2.17. The van der Waals surface area contributed by atoms with Gasteiger partial charge in [0.25, 0.3) is 0 Å². The van der Waals surface area contributed by atoms with Gasteiger partial charge in [0.05, 0.1) is 13.2 Å². The number of nitro groups is 1. The summed E-state index contributed by atoms with van der Waals surface area (Å²) >= 11 is 0. The van der Waals surface area contributed by atoms with Crippen molar-refractivity contribution in [2.24, 2.45) is 0 Å². The van der Waals surface area contributed by atoms with Crippen LogP contribution in [-0.4, -0.2) is 71.2 Å². The molecule has 116 valence electrons. The Labute approximate surface area is 123 Å². The van der Waals surface area contributed by atoms with E-state index >= 15 is 0 Å². The average Bonchev–Trinajstić information content (AvgIpc) is 2.87. The smallest absolute Gasteiger partial charge is 0.343 e. The molecule has 0 radical (unpaired) electrons. The highest BCUT2D eigenvalue weighted by Crippen LogP contribution is 2.15. The number of hydrogen-bond acceptors (Lipinski definition) is 6. The van der Waals surface area contributed by atoms with E-state index in [4.69, 9.17) is 4.74 Å². The SMILES string of the molecule is CN(C)/C=C/c1ncc([N+](=O)[O-])n1CCN1CCOCC1. The lowest BCUT2D eigenvalue weighted by atomic mass is 10.4. The van der Waals surface area contributed by atoms with Crippen molar-refractivity contribution in [3.63, 3.8) is 0 Å². The van der Waals surface area contributed by atoms with Crippen molar-refractivity contribution in [3.8, 4) is 0 Å². The molecule has 8 nitrogen and oxygen atoms in total. The Kier molecular flexibility index (Phi) is 5.29. The molecule has 2 rings (SSSR count). The molecule has 1 aliphatic rings. The second-order valence-electron chi connectivity index (χ2n) is 5.12. The first kappa shape index (κ1) is 15.5. The lowest BCUT2D eigenvalue weighted by Crippen LogP contribution is -2.38. The van der Waals surface area contributed by atoms with Gasteiger partial charge in [-0.1, -0.05) is 0 Å². The fourth-order valence-corrected chi connectivity index (χ4v) is 2.17. The minimum atomic E-state index is -0.390. The van der Waals surface area contributed by atoms with Crippen molar-refractivity contribution in [1.82, 2.24) is 19.4 Å². The van der Waals surface area contributed by atoms with Crippen LogP contribution < -0.4 is 0 Å². The third kappa shape index (κ3) is 4.27. The fraction of sp³-hybridized carbons (Fsp3) is 0.615. The summed E-state index contributed by atoms with van der Waals surface area (Å²) < 4.78 is 6.95. The van der Waals surface area contributed by atoms with Gasteiger partial charge in [-0.3, -0.25) is 4.90 Å². The van der Waals surface area contributed by atoms with Crippen molar-refractivity contribution in [2.45, 2.75) is 6.54 Å². The van der Waals surface area contributed by atoms with Crippen LogP contribution in [0.4, 0.5) is 5.82 Å². The molecule has 1 aliphatic heterocycles. The molecule has 0 spiro atoms. The van der Waals surface area contributed by atoms with E-state index in [-0.39, 0.29) is 10.7 Å². The van der Waals surface area contributed by atoms with Crippen molar-refractivity contribution in [3.05, 3.63) is 28.3 Å². The first-order valence-electron chi connectivity index (χ1n) is 6.92. The predicted molar refractivity (Wildman–Crippen MR) is 78.9 cm³/mol. The van der Waals surface area contributed by atoms with Gasteiger partial charge in [0.1, 0.15) is 12.7 Å². The molecule has 0 atom stereocenters. The summed E-state index contributed by atoms with van der Waals surface area (Å²) in [5.74, 6) is 0.630. The number of aromatic nitrogens is 2. The zero-order valence-corrected chi connectivity index (χ0v) is 12.4. The molecular formula is C13H21N5O3. The van der Waals surface area contributed by atoms with E-state index in [0.717, 1.165) is 32.8 Å². The third-order valence-corrected chi connectivity index (χ3v) is 3.32. The quantitative estimate of drug-likeness (QED) is 0.567. The highest BCUT2D eigenvalue weighted by molar-refractivity contribution is 5.43. The molecule has 1 saturated heterocycles. The molecular weight excluding hydrogens is 274 g/mol. The molecule has 0 bridgehead atoms. The summed E-state index contributed by atoms with van der Waals surface area (Å²) in [7, 11) is 3.79. The normalized spacial score (nSPS) is 16.5. The summed E-state index contributed by atoms with van der Waals surface area (Å²) in [6, 6.07) is 0. The second-order valence-corrected chi connectivity index (χ2v) is 5.12. The number of ether oxygens (including phenoxy) is 1. The van der Waals surface area contributed by atoms with Gasteiger partial charge in [-0.05, 0) is 4.92 Å². The molecule has 8 heteroatoms. The Hall–Kier alpha value is -1.93. The number of rotatable bonds is 6. The Morgan fingerprint density at radius 1 is 1.43 bits per heavy atom. The van der Waals surface area contributed by atoms with Gasteiger partial charge < -0.3 is 19.8 Å². The maximum atomic E-state index is 11.1. The van der Waals surface area contributed by atoms with Gasteiger partial charge in [-0.25, -0.2) is 9.55 Å². The summed E-state index contributed by atoms with van der Waals surface area (Å²) in [5, 5.41) is 11.1. The van der Waals surface area contributed by atoms with Crippen LogP contribution in [0.25, 0.3) is 6.08 Å². The Balaban J connectivity index is 2.10. The van der Waals surface area contributed by atoms with Crippen LogP contribution >= 0.6 is 0 Å². The van der Waals surface area contributed by atoms with Crippen molar-refractivity contribution in [1.29, 1.82) is 0 Å². The van der Waals surface area contributed by atoms with Crippen molar-refractivity contribution in [2.75, 3.05) is 46.9 Å². The molecule has 0 N–H and O–H groups in total. The molecule has 1 aromatic heterocycles. The van der Waals surface area contributed by atoms with Crippen LogP contribution in [0.1, 0.15) is 5.82 Å². The molecule has 1 fully saturated rings. The predicted octanol–water partition coefficient (Wildman–Crippen LogP) is 0.656. The monoisotopic (exact) mass is 295 g/mol. The largest absolute Gasteiger partial charge is 0.383 e. The van der Waals surface area contributed by atoms with E-state index in [1.165, 1.54) is 6.20 Å². The highest BCUT2D eigenvalue weighted by Gasteiger charge is 2.20. The van der Waals surface area contributed by atoms with E-state index < -0.39 is 0 Å². The topological polar surface area (TPSA) is 76.7 Å². The second kappa shape index (κ2) is 7.19. The Morgan fingerprint density at radius 2 is 2.14 bits per heavy atom. The minimum absolute atomic E-state index is 0.0293. The van der Waals surface area contributed by atoms with Crippen LogP contribution in [0.15, 0.2) is 12.4 Å². The maximum Gasteiger partial charge on any atom is 0.343 e. The minimum Gasteiger partial charge on any atom is -0.383 e. The van der Waals surface area contributed by atoms with Gasteiger partial charge in [0, 0.05) is 46.0 Å². The zero-order valence-electron chi connectivity index (χ0n) is 12.4. The summed E-state index contributed by atoms with van der Waals surface area (Å²) in [6.07, 6.45) is 4.93. The van der Waals surface area contributed by atoms with Crippen LogP contribution in [0.5, 0.6) is 0 Å². The van der Waals surface area contributed by atoms with Gasteiger partial charge in [-0.2, -0.15) is 0 Å². The number of imidazole rings is 1. The zero-order chi connectivity index (χ0) is 15.2. The van der Waals surface area contributed by atoms with Gasteiger partial charge in [-0.15, -0.1) is 0 Å². The first-order valence-corrected chi connectivity index (χ1v) is 6.92. The maximum absolute atomic E-state index is 11.1. The standard InChI is InChI=1S/C13H21N5O3/c1-15(2)4-3-12-14-11-13(18(19)20)17(12)6-5-16-7-9-21-10-8-16/h3-4,11H,5-10H2,1-2H3/b4-3+. The Morgan fingerprint density at radius 3 is 2.76 bits per heavy atom. The van der Waals surface area contributed by atoms with E-state index in [2.05, 4.69) is 9.88 Å². The number of hydrogen-bond donors (Lipinski definition) is 0. The molecule has 0 aliphatic carbocycles. The summed E-state index contributed by atoms with van der Waals surface area (Å²) in [5.41, 5.74) is 0. The molecule has 0 aromatic carbocycles. The molecule has 0 saturated carbocycles. The first-order chi connectivity index (χ1) is 10.1. The van der Waals surface area contributed by atoms with Crippen molar-refractivity contribution < 1.29 is 9.66 Å². The van der Waals surface area contributed by atoms with Crippen LogP contribution in [0, 0.1) is 10.1 Å². The molecule has 21 heavy (non-hydrogen) atoms. The number of nitrogens with zero attached hydrogens (tertiary/aromatic N) is 5. The molecule has 0 unspecified atom stereocenters. The molecule has 0 amide bonds. The van der Waals surface area contributed by atoms with E-state index in [1.807, 2.05) is 25.2 Å². The highest BCUT2D eigenvalue weighted by atomic mass is 16.6. The van der Waals surface area contributed by atoms with Gasteiger partial charge in [0.15, 0.2) is 0 Å². The number of morpholine rings is 1. The summed E-state index contributed by atoms with van der Waals surface area (Å²) in [4.78, 5) is 19.0. The molecule has 1 aromatic rings.